The van der Waals surface area contributed by atoms with Crippen LogP contribution >= 0.6 is 0 Å². The Labute approximate surface area is 160 Å². The molecule has 1 aromatic carbocycles. The number of benzene rings is 1. The second-order valence-electron chi connectivity index (χ2n) is 6.17. The fourth-order valence-electron chi connectivity index (χ4n) is 2.79. The minimum atomic E-state index is -3.59. The topological polar surface area (TPSA) is 96.0 Å². The van der Waals surface area contributed by atoms with E-state index in [1.807, 2.05) is 0 Å². The van der Waals surface area contributed by atoms with Crippen LogP contribution in [0.5, 0.6) is 0 Å². The molecule has 27 heavy (non-hydrogen) atoms. The fraction of sp³-hybridized carbons (Fsp3) is 0.556. The molecule has 0 unspecified atom stereocenters. The number of hydrogen-bond donors (Lipinski definition) is 1. The van der Waals surface area contributed by atoms with Crippen LogP contribution in [0.4, 0.5) is 5.69 Å². The van der Waals surface area contributed by atoms with Gasteiger partial charge in [-0.2, -0.15) is 0 Å². The Morgan fingerprint density at radius 3 is 2.41 bits per heavy atom. The number of likely N-dealkylation sites (N-methyl/N-ethyl adjacent to an activating group) is 1. The SMILES string of the molecule is CCN(CC)CCOCCNC(=O)c1ccc(N2C(=O)CCS2(=O)=O)cc1. The van der Waals surface area contributed by atoms with Gasteiger partial charge in [-0.3, -0.25) is 9.59 Å². The van der Waals surface area contributed by atoms with Crippen molar-refractivity contribution in [2.75, 3.05) is 49.5 Å². The first-order valence-corrected chi connectivity index (χ1v) is 10.7. The molecule has 1 saturated heterocycles. The summed E-state index contributed by atoms with van der Waals surface area (Å²) < 4.78 is 30.1. The van der Waals surface area contributed by atoms with Gasteiger partial charge in [0.2, 0.25) is 15.9 Å². The van der Waals surface area contributed by atoms with Crippen LogP contribution in [0.1, 0.15) is 30.6 Å². The lowest BCUT2D eigenvalue weighted by molar-refractivity contribution is -0.116. The predicted molar refractivity (Wildman–Crippen MR) is 103 cm³/mol. The monoisotopic (exact) mass is 397 g/mol. The molecule has 0 saturated carbocycles. The lowest BCUT2D eigenvalue weighted by Crippen LogP contribution is -2.30. The number of amides is 2. The number of sulfonamides is 1. The average Bonchev–Trinajstić information content (AvgIpc) is 2.93. The first kappa shape index (κ1) is 21.3. The van der Waals surface area contributed by atoms with E-state index in [4.69, 9.17) is 4.74 Å². The van der Waals surface area contributed by atoms with Crippen molar-refractivity contribution in [3.63, 3.8) is 0 Å². The van der Waals surface area contributed by atoms with E-state index >= 15 is 0 Å². The number of carbonyl (C=O) groups excluding carboxylic acids is 2. The van der Waals surface area contributed by atoms with Crippen LogP contribution in [-0.4, -0.2) is 70.3 Å². The van der Waals surface area contributed by atoms with Gasteiger partial charge in [0, 0.05) is 25.1 Å². The highest BCUT2D eigenvalue weighted by Crippen LogP contribution is 2.25. The summed E-state index contributed by atoms with van der Waals surface area (Å²) >= 11 is 0. The van der Waals surface area contributed by atoms with Gasteiger partial charge in [-0.1, -0.05) is 13.8 Å². The maximum atomic E-state index is 12.1. The number of carbonyl (C=O) groups is 2. The highest BCUT2D eigenvalue weighted by molar-refractivity contribution is 7.94. The van der Waals surface area contributed by atoms with Gasteiger partial charge >= 0.3 is 0 Å². The molecule has 2 amide bonds. The van der Waals surface area contributed by atoms with Crippen LogP contribution in [0.3, 0.4) is 0 Å². The molecule has 1 fully saturated rings. The summed E-state index contributed by atoms with van der Waals surface area (Å²) in [6.07, 6.45) is -0.0150. The van der Waals surface area contributed by atoms with E-state index in [1.54, 1.807) is 0 Å². The molecule has 8 nitrogen and oxygen atoms in total. The average molecular weight is 397 g/mol. The Bertz CT molecular complexity index is 745. The molecule has 150 valence electrons. The molecule has 0 atom stereocenters. The third-order valence-electron chi connectivity index (χ3n) is 4.42. The van der Waals surface area contributed by atoms with E-state index in [2.05, 4.69) is 24.1 Å². The fourth-order valence-corrected chi connectivity index (χ4v) is 4.25. The Morgan fingerprint density at radius 2 is 1.85 bits per heavy atom. The Kier molecular flexibility index (Phi) is 7.76. The first-order valence-electron chi connectivity index (χ1n) is 9.13. The molecule has 0 aliphatic carbocycles. The number of hydrogen-bond acceptors (Lipinski definition) is 6. The lowest BCUT2D eigenvalue weighted by atomic mass is 10.2. The molecule has 1 N–H and O–H groups in total. The van der Waals surface area contributed by atoms with Crippen LogP contribution in [-0.2, 0) is 19.6 Å². The maximum Gasteiger partial charge on any atom is 0.251 e. The van der Waals surface area contributed by atoms with Crippen molar-refractivity contribution in [3.05, 3.63) is 29.8 Å². The van der Waals surface area contributed by atoms with Crippen LogP contribution < -0.4 is 9.62 Å². The van der Waals surface area contributed by atoms with Crippen LogP contribution in [0.25, 0.3) is 0 Å². The van der Waals surface area contributed by atoms with E-state index in [-0.39, 0.29) is 23.8 Å². The lowest BCUT2D eigenvalue weighted by Gasteiger charge is -2.17. The van der Waals surface area contributed by atoms with Gasteiger partial charge in [-0.15, -0.1) is 0 Å². The quantitative estimate of drug-likeness (QED) is 0.588. The second kappa shape index (κ2) is 9.82. The molecular formula is C18H27N3O5S. The summed E-state index contributed by atoms with van der Waals surface area (Å²) in [7, 11) is -3.59. The van der Waals surface area contributed by atoms with Gasteiger partial charge < -0.3 is 15.0 Å². The van der Waals surface area contributed by atoms with Gasteiger partial charge in [0.25, 0.3) is 5.91 Å². The van der Waals surface area contributed by atoms with E-state index in [0.717, 1.165) is 23.9 Å². The van der Waals surface area contributed by atoms with Crippen molar-refractivity contribution in [1.29, 1.82) is 0 Å². The maximum absolute atomic E-state index is 12.1. The zero-order valence-electron chi connectivity index (χ0n) is 15.8. The predicted octanol–water partition coefficient (Wildman–Crippen LogP) is 0.841. The Balaban J connectivity index is 1.78. The van der Waals surface area contributed by atoms with Gasteiger partial charge in [0.05, 0.1) is 24.7 Å². The molecule has 0 spiro atoms. The molecule has 0 aromatic heterocycles. The smallest absolute Gasteiger partial charge is 0.251 e. The molecule has 1 aromatic rings. The van der Waals surface area contributed by atoms with Gasteiger partial charge in [0.1, 0.15) is 0 Å². The summed E-state index contributed by atoms with van der Waals surface area (Å²) in [5.41, 5.74) is 0.653. The number of nitrogens with zero attached hydrogens (tertiary/aromatic N) is 2. The molecule has 9 heteroatoms. The number of anilines is 1. The zero-order chi connectivity index (χ0) is 19.9. The zero-order valence-corrected chi connectivity index (χ0v) is 16.6. The third kappa shape index (κ3) is 5.75. The van der Waals surface area contributed by atoms with Crippen molar-refractivity contribution in [1.82, 2.24) is 10.2 Å². The molecule has 1 aliphatic rings. The van der Waals surface area contributed by atoms with Crippen molar-refractivity contribution in [2.24, 2.45) is 0 Å². The van der Waals surface area contributed by atoms with Gasteiger partial charge in [-0.05, 0) is 37.4 Å². The number of ether oxygens (including phenoxy) is 1. The van der Waals surface area contributed by atoms with Gasteiger partial charge in [0.15, 0.2) is 0 Å². The first-order chi connectivity index (χ1) is 12.9. The van der Waals surface area contributed by atoms with Crippen molar-refractivity contribution < 1.29 is 22.7 Å². The highest BCUT2D eigenvalue weighted by Gasteiger charge is 2.36. The summed E-state index contributed by atoms with van der Waals surface area (Å²) in [5, 5.41) is 2.75. The third-order valence-corrected chi connectivity index (χ3v) is 6.11. The summed E-state index contributed by atoms with van der Waals surface area (Å²) in [5.74, 6) is -0.902. The normalized spacial score (nSPS) is 16.1. The Hall–Kier alpha value is -1.97. The molecule has 1 aliphatic heterocycles. The minimum Gasteiger partial charge on any atom is -0.378 e. The van der Waals surface area contributed by atoms with Crippen LogP contribution in [0, 0.1) is 0 Å². The molecule has 0 radical (unpaired) electrons. The molecule has 2 rings (SSSR count). The molecular weight excluding hydrogens is 370 g/mol. The molecule has 1 heterocycles. The van der Waals surface area contributed by atoms with Crippen LogP contribution in [0.2, 0.25) is 0 Å². The minimum absolute atomic E-state index is 0.0150. The number of nitrogens with one attached hydrogen (secondary N) is 1. The summed E-state index contributed by atoms with van der Waals surface area (Å²) in [6.45, 7) is 8.45. The highest BCUT2D eigenvalue weighted by atomic mass is 32.2. The molecule has 0 bridgehead atoms. The van der Waals surface area contributed by atoms with Crippen molar-refractivity contribution in [2.45, 2.75) is 20.3 Å². The van der Waals surface area contributed by atoms with E-state index in [0.29, 0.717) is 25.3 Å². The van der Waals surface area contributed by atoms with Gasteiger partial charge in [-0.25, -0.2) is 12.7 Å². The van der Waals surface area contributed by atoms with E-state index < -0.39 is 15.9 Å². The van der Waals surface area contributed by atoms with Crippen LogP contribution in [0.15, 0.2) is 24.3 Å². The Morgan fingerprint density at radius 1 is 1.19 bits per heavy atom. The van der Waals surface area contributed by atoms with E-state index in [1.165, 1.54) is 24.3 Å². The summed E-state index contributed by atoms with van der Waals surface area (Å²) in [4.78, 5) is 26.2. The summed E-state index contributed by atoms with van der Waals surface area (Å²) in [6, 6.07) is 5.95. The van der Waals surface area contributed by atoms with E-state index in [9.17, 15) is 18.0 Å². The van der Waals surface area contributed by atoms with Crippen molar-refractivity contribution in [3.8, 4) is 0 Å². The number of rotatable bonds is 10. The van der Waals surface area contributed by atoms with Crippen molar-refractivity contribution >= 4 is 27.5 Å². The standard InChI is InChI=1S/C18H27N3O5S/c1-3-20(4-2)11-13-26-12-10-19-18(23)15-5-7-16(8-6-15)21-17(22)9-14-27(21,24)25/h5-8H,3-4,9-14H2,1-2H3,(H,19,23). The largest absolute Gasteiger partial charge is 0.378 e. The second-order valence-corrected chi connectivity index (χ2v) is 8.10.